The van der Waals surface area contributed by atoms with Gasteiger partial charge in [0.1, 0.15) is 0 Å². The Kier molecular flexibility index (Phi) is 8.88. The molecule has 3 rings (SSSR count). The first-order chi connectivity index (χ1) is 14.1. The fraction of sp³-hybridized carbons (Fsp3) is 0.409. The summed E-state index contributed by atoms with van der Waals surface area (Å²) in [6.45, 7) is 5.77. The molecule has 0 radical (unpaired) electrons. The Labute approximate surface area is 196 Å². The fourth-order valence-electron chi connectivity index (χ4n) is 3.66. The summed E-state index contributed by atoms with van der Waals surface area (Å²) >= 11 is 0. The fourth-order valence-corrected chi connectivity index (χ4v) is 3.66. The Morgan fingerprint density at radius 1 is 1.17 bits per heavy atom. The molecule has 0 spiro atoms. The van der Waals surface area contributed by atoms with Crippen LogP contribution in [0.4, 0.5) is 0 Å². The number of aryl methyl sites for hydroxylation is 2. The van der Waals surface area contributed by atoms with Gasteiger partial charge in [-0.2, -0.15) is 10.2 Å². The second-order valence-electron chi connectivity index (χ2n) is 7.09. The second-order valence-corrected chi connectivity index (χ2v) is 7.09. The number of nitrogens with one attached hydrogen (secondary N) is 1. The molecule has 8 heteroatoms. The average molecular weight is 521 g/mol. The van der Waals surface area contributed by atoms with Crippen LogP contribution >= 0.6 is 24.0 Å². The van der Waals surface area contributed by atoms with Crippen molar-refractivity contribution in [3.05, 3.63) is 65.2 Å². The lowest BCUT2D eigenvalue weighted by molar-refractivity contribution is 0.476. The van der Waals surface area contributed by atoms with Gasteiger partial charge in [-0.05, 0) is 25.0 Å². The molecule has 2 heterocycles. The van der Waals surface area contributed by atoms with E-state index in [1.807, 2.05) is 67.0 Å². The van der Waals surface area contributed by atoms with E-state index in [0.29, 0.717) is 0 Å². The zero-order chi connectivity index (χ0) is 20.8. The number of hydrogen-bond acceptors (Lipinski definition) is 3. The molecule has 30 heavy (non-hydrogen) atoms. The maximum atomic E-state index is 4.66. The van der Waals surface area contributed by atoms with E-state index in [4.69, 9.17) is 0 Å². The van der Waals surface area contributed by atoms with Crippen LogP contribution in [-0.2, 0) is 33.0 Å². The SMILES string of the molecule is CCc1nn(C)c(CC)c1CNC(=NC)N(C)Cc1cnn(-c2ccccc2)c1.I. The summed E-state index contributed by atoms with van der Waals surface area (Å²) in [7, 11) is 5.88. The first kappa shape index (κ1) is 23.9. The minimum absolute atomic E-state index is 0. The van der Waals surface area contributed by atoms with Crippen LogP contribution in [0.5, 0.6) is 0 Å². The standard InChI is InChI=1S/C22H31N7.HI/c1-6-20-19(21(7-2)28(5)26-20)14-24-22(23-3)27(4)15-17-13-25-29(16-17)18-11-9-8-10-12-18;/h8-13,16H,6-7,14-15H2,1-5H3,(H,23,24);1H. The van der Waals surface area contributed by atoms with E-state index < -0.39 is 0 Å². The molecule has 0 bridgehead atoms. The van der Waals surface area contributed by atoms with Crippen LogP contribution in [0.3, 0.4) is 0 Å². The molecule has 0 fully saturated rings. The topological polar surface area (TPSA) is 63.3 Å². The lowest BCUT2D eigenvalue weighted by atomic mass is 10.1. The van der Waals surface area contributed by atoms with Gasteiger partial charge in [0.15, 0.2) is 5.96 Å². The number of aromatic nitrogens is 4. The number of aliphatic imine (C=N–C) groups is 1. The third-order valence-electron chi connectivity index (χ3n) is 5.10. The van der Waals surface area contributed by atoms with Crippen LogP contribution in [0.1, 0.15) is 36.4 Å². The summed E-state index contributed by atoms with van der Waals surface area (Å²) in [6, 6.07) is 10.1. The lowest BCUT2D eigenvalue weighted by Crippen LogP contribution is -2.38. The van der Waals surface area contributed by atoms with Gasteiger partial charge in [0.2, 0.25) is 0 Å². The molecule has 1 N–H and O–H groups in total. The quantitative estimate of drug-likeness (QED) is 0.294. The molecule has 0 atom stereocenters. The van der Waals surface area contributed by atoms with Gasteiger partial charge >= 0.3 is 0 Å². The van der Waals surface area contributed by atoms with Crippen LogP contribution in [0.15, 0.2) is 47.7 Å². The second kappa shape index (κ2) is 11.1. The van der Waals surface area contributed by atoms with E-state index >= 15 is 0 Å². The van der Waals surface area contributed by atoms with Crippen LogP contribution < -0.4 is 5.32 Å². The minimum atomic E-state index is 0. The predicted octanol–water partition coefficient (Wildman–Crippen LogP) is 3.56. The smallest absolute Gasteiger partial charge is 0.193 e. The summed E-state index contributed by atoms with van der Waals surface area (Å²) in [5.41, 5.74) is 5.89. The molecule has 0 unspecified atom stereocenters. The van der Waals surface area contributed by atoms with E-state index in [2.05, 4.69) is 45.5 Å². The summed E-state index contributed by atoms with van der Waals surface area (Å²) in [5, 5.41) is 12.6. The van der Waals surface area contributed by atoms with Gasteiger partial charge in [0.25, 0.3) is 0 Å². The van der Waals surface area contributed by atoms with Crippen molar-refractivity contribution in [3.8, 4) is 5.69 Å². The summed E-state index contributed by atoms with van der Waals surface area (Å²) in [4.78, 5) is 6.57. The minimum Gasteiger partial charge on any atom is -0.352 e. The van der Waals surface area contributed by atoms with Crippen LogP contribution in [0.2, 0.25) is 0 Å². The molecule has 2 aromatic heterocycles. The molecule has 0 amide bonds. The van der Waals surface area contributed by atoms with Gasteiger partial charge in [-0.3, -0.25) is 9.67 Å². The van der Waals surface area contributed by atoms with Crippen molar-refractivity contribution >= 4 is 29.9 Å². The number of guanidine groups is 1. The van der Waals surface area contributed by atoms with Gasteiger partial charge in [0, 0.05) is 57.3 Å². The Morgan fingerprint density at radius 2 is 1.90 bits per heavy atom. The van der Waals surface area contributed by atoms with Crippen molar-refractivity contribution in [2.75, 3.05) is 14.1 Å². The molecular weight excluding hydrogens is 489 g/mol. The molecule has 0 saturated carbocycles. The molecule has 3 aromatic rings. The Hall–Kier alpha value is -2.36. The highest BCUT2D eigenvalue weighted by Gasteiger charge is 2.15. The molecule has 1 aromatic carbocycles. The molecular formula is C22H32IN7. The zero-order valence-corrected chi connectivity index (χ0v) is 20.8. The monoisotopic (exact) mass is 521 g/mol. The molecule has 0 saturated heterocycles. The van der Waals surface area contributed by atoms with Crippen molar-refractivity contribution in [2.24, 2.45) is 12.0 Å². The highest BCUT2D eigenvalue weighted by molar-refractivity contribution is 14.0. The van der Waals surface area contributed by atoms with Crippen molar-refractivity contribution in [1.82, 2.24) is 29.8 Å². The normalized spacial score (nSPS) is 11.3. The Morgan fingerprint density at radius 3 is 2.53 bits per heavy atom. The number of para-hydroxylation sites is 1. The molecule has 0 aliphatic carbocycles. The summed E-state index contributed by atoms with van der Waals surface area (Å²) in [6.07, 6.45) is 5.86. The molecule has 0 aliphatic heterocycles. The van der Waals surface area contributed by atoms with Crippen molar-refractivity contribution < 1.29 is 0 Å². The van der Waals surface area contributed by atoms with E-state index in [9.17, 15) is 0 Å². The van der Waals surface area contributed by atoms with Crippen molar-refractivity contribution in [2.45, 2.75) is 39.8 Å². The average Bonchev–Trinajstić information content (AvgIpc) is 3.32. The van der Waals surface area contributed by atoms with Gasteiger partial charge in [-0.1, -0.05) is 32.0 Å². The molecule has 7 nitrogen and oxygen atoms in total. The molecule has 162 valence electrons. The third-order valence-corrected chi connectivity index (χ3v) is 5.10. The first-order valence-corrected chi connectivity index (χ1v) is 10.1. The molecule has 0 aliphatic rings. The van der Waals surface area contributed by atoms with Crippen molar-refractivity contribution in [3.63, 3.8) is 0 Å². The van der Waals surface area contributed by atoms with E-state index in [1.165, 1.54) is 11.3 Å². The van der Waals surface area contributed by atoms with E-state index in [0.717, 1.165) is 48.8 Å². The highest BCUT2D eigenvalue weighted by Crippen LogP contribution is 2.15. The maximum Gasteiger partial charge on any atom is 0.193 e. The lowest BCUT2D eigenvalue weighted by Gasteiger charge is -2.21. The Bertz CT molecular complexity index is 959. The number of halogens is 1. The van der Waals surface area contributed by atoms with E-state index in [1.54, 1.807) is 0 Å². The zero-order valence-electron chi connectivity index (χ0n) is 18.5. The van der Waals surface area contributed by atoms with Crippen LogP contribution in [-0.4, -0.2) is 44.5 Å². The third kappa shape index (κ3) is 5.41. The largest absolute Gasteiger partial charge is 0.352 e. The van der Waals surface area contributed by atoms with Gasteiger partial charge in [0.05, 0.1) is 17.6 Å². The Balaban J connectivity index is 0.00000320. The number of benzene rings is 1. The summed E-state index contributed by atoms with van der Waals surface area (Å²) < 4.78 is 3.90. The maximum absolute atomic E-state index is 4.66. The van der Waals surface area contributed by atoms with Crippen LogP contribution in [0, 0.1) is 0 Å². The van der Waals surface area contributed by atoms with E-state index in [-0.39, 0.29) is 24.0 Å². The van der Waals surface area contributed by atoms with Gasteiger partial charge in [-0.25, -0.2) is 4.68 Å². The predicted molar refractivity (Wildman–Crippen MR) is 133 cm³/mol. The summed E-state index contributed by atoms with van der Waals surface area (Å²) in [5.74, 6) is 0.852. The highest BCUT2D eigenvalue weighted by atomic mass is 127. The first-order valence-electron chi connectivity index (χ1n) is 10.1. The number of rotatable bonds is 7. The van der Waals surface area contributed by atoms with Crippen LogP contribution in [0.25, 0.3) is 5.69 Å². The van der Waals surface area contributed by atoms with Crippen molar-refractivity contribution in [1.29, 1.82) is 0 Å². The van der Waals surface area contributed by atoms with Gasteiger partial charge < -0.3 is 10.2 Å². The van der Waals surface area contributed by atoms with Gasteiger partial charge in [-0.15, -0.1) is 24.0 Å². The number of hydrogen-bond donors (Lipinski definition) is 1. The number of nitrogens with zero attached hydrogens (tertiary/aromatic N) is 6.